The quantitative estimate of drug-likeness (QED) is 0.433. The molecule has 1 saturated heterocycles. The van der Waals surface area contributed by atoms with Gasteiger partial charge in [-0.15, -0.1) is 0 Å². The third-order valence-corrected chi connectivity index (χ3v) is 7.73. The number of Topliss-reactive ketones (excluding diaryl/α,β-unsaturated/α-hetero) is 1. The molecule has 1 aliphatic heterocycles. The number of benzene rings is 2. The molecule has 0 spiro atoms. The Labute approximate surface area is 206 Å². The van der Waals surface area contributed by atoms with Crippen molar-refractivity contribution in [1.82, 2.24) is 4.90 Å². The maximum absolute atomic E-state index is 12.2. The minimum atomic E-state index is -3.12. The molecule has 2 unspecified atom stereocenters. The van der Waals surface area contributed by atoms with Crippen LogP contribution in [0.1, 0.15) is 29.3 Å². The van der Waals surface area contributed by atoms with Crippen LogP contribution < -0.4 is 18.9 Å². The number of carbonyl (C=O) groups excluding carboxylic acids is 1. The van der Waals surface area contributed by atoms with E-state index in [1.54, 1.807) is 24.3 Å². The van der Waals surface area contributed by atoms with Gasteiger partial charge in [-0.05, 0) is 55.3 Å². The standard InChI is InChI=1S/C25H33NO8S/c1-17(27)19-5-7-22(8-6-19)34-15-21(28)14-26(20-9-10-35(29,30)16-20)13-18-11-23(31-2)25(33-4)24(12-18)32-3/h5-8,11-12,20-21,28H,9-10,13-16H2,1-4H3. The minimum Gasteiger partial charge on any atom is -0.493 e. The first-order valence-electron chi connectivity index (χ1n) is 11.3. The summed E-state index contributed by atoms with van der Waals surface area (Å²) in [5.41, 5.74) is 1.41. The molecule has 2 aromatic carbocycles. The number of nitrogens with zero attached hydrogens (tertiary/aromatic N) is 1. The van der Waals surface area contributed by atoms with Gasteiger partial charge < -0.3 is 24.1 Å². The number of aliphatic hydroxyl groups is 1. The molecule has 0 amide bonds. The van der Waals surface area contributed by atoms with Crippen molar-refractivity contribution in [2.45, 2.75) is 32.0 Å². The molecule has 192 valence electrons. The number of carbonyl (C=O) groups is 1. The van der Waals surface area contributed by atoms with Gasteiger partial charge in [0.1, 0.15) is 18.5 Å². The van der Waals surface area contributed by atoms with Crippen LogP contribution in [0, 0.1) is 0 Å². The largest absolute Gasteiger partial charge is 0.493 e. The number of hydrogen-bond acceptors (Lipinski definition) is 9. The Hall–Kier alpha value is -2.82. The molecule has 3 rings (SSSR count). The summed E-state index contributed by atoms with van der Waals surface area (Å²) in [4.78, 5) is 13.4. The van der Waals surface area contributed by atoms with Gasteiger partial charge in [-0.25, -0.2) is 8.42 Å². The Morgan fingerprint density at radius 2 is 1.71 bits per heavy atom. The molecule has 1 fully saturated rings. The molecule has 0 bridgehead atoms. The first-order chi connectivity index (χ1) is 16.7. The average molecular weight is 508 g/mol. The summed E-state index contributed by atoms with van der Waals surface area (Å²) in [6, 6.07) is 10.1. The van der Waals surface area contributed by atoms with Gasteiger partial charge in [0.25, 0.3) is 0 Å². The fourth-order valence-corrected chi connectivity index (χ4v) is 5.93. The Morgan fingerprint density at radius 1 is 1.09 bits per heavy atom. The van der Waals surface area contributed by atoms with Crippen molar-refractivity contribution < 1.29 is 37.3 Å². The van der Waals surface area contributed by atoms with Crippen molar-refractivity contribution in [2.24, 2.45) is 0 Å². The van der Waals surface area contributed by atoms with Gasteiger partial charge in [-0.1, -0.05) is 0 Å². The third kappa shape index (κ3) is 7.09. The maximum Gasteiger partial charge on any atom is 0.203 e. The Kier molecular flexibility index (Phi) is 8.98. The van der Waals surface area contributed by atoms with Crippen LogP contribution in [0.5, 0.6) is 23.0 Å². The highest BCUT2D eigenvalue weighted by molar-refractivity contribution is 7.91. The van der Waals surface area contributed by atoms with E-state index in [0.29, 0.717) is 41.5 Å². The molecular formula is C25H33NO8S. The monoisotopic (exact) mass is 507 g/mol. The summed E-state index contributed by atoms with van der Waals surface area (Å²) in [6.07, 6.45) is -0.375. The normalized spacial score (nSPS) is 17.7. The highest BCUT2D eigenvalue weighted by Gasteiger charge is 2.33. The van der Waals surface area contributed by atoms with E-state index in [1.807, 2.05) is 17.0 Å². The van der Waals surface area contributed by atoms with Crippen molar-refractivity contribution in [3.8, 4) is 23.0 Å². The molecule has 10 heteroatoms. The molecule has 1 heterocycles. The van der Waals surface area contributed by atoms with E-state index in [4.69, 9.17) is 18.9 Å². The first kappa shape index (κ1) is 26.8. The average Bonchev–Trinajstić information content (AvgIpc) is 3.21. The number of rotatable bonds is 12. The van der Waals surface area contributed by atoms with Gasteiger partial charge >= 0.3 is 0 Å². The van der Waals surface area contributed by atoms with Crippen LogP contribution in [0.15, 0.2) is 36.4 Å². The van der Waals surface area contributed by atoms with E-state index >= 15 is 0 Å². The summed E-state index contributed by atoms with van der Waals surface area (Å²) in [5.74, 6) is 2.13. The summed E-state index contributed by atoms with van der Waals surface area (Å²) in [7, 11) is 1.47. The van der Waals surface area contributed by atoms with E-state index in [0.717, 1.165) is 5.56 Å². The molecule has 0 aromatic heterocycles. The van der Waals surface area contributed by atoms with Crippen LogP contribution in [0.4, 0.5) is 0 Å². The lowest BCUT2D eigenvalue weighted by Crippen LogP contribution is -2.42. The Bertz CT molecular complexity index is 1090. The number of ketones is 1. The minimum absolute atomic E-state index is 0.0185. The van der Waals surface area contributed by atoms with E-state index in [1.165, 1.54) is 28.3 Å². The molecule has 1 N–H and O–H groups in total. The predicted molar refractivity (Wildman–Crippen MR) is 132 cm³/mol. The van der Waals surface area contributed by atoms with E-state index in [-0.39, 0.29) is 36.5 Å². The Balaban J connectivity index is 1.74. The highest BCUT2D eigenvalue weighted by Crippen LogP contribution is 2.38. The molecule has 1 aliphatic rings. The van der Waals surface area contributed by atoms with Crippen LogP contribution in [-0.4, -0.2) is 82.3 Å². The third-order valence-electron chi connectivity index (χ3n) is 5.98. The van der Waals surface area contributed by atoms with Crippen molar-refractivity contribution in [2.75, 3.05) is 46.0 Å². The van der Waals surface area contributed by atoms with Gasteiger partial charge in [0.05, 0.1) is 32.8 Å². The zero-order chi connectivity index (χ0) is 25.6. The van der Waals surface area contributed by atoms with Crippen LogP contribution in [0.3, 0.4) is 0 Å². The van der Waals surface area contributed by atoms with Crippen LogP contribution in [-0.2, 0) is 16.4 Å². The molecule has 2 aromatic rings. The lowest BCUT2D eigenvalue weighted by Gasteiger charge is -2.30. The molecule has 0 aliphatic carbocycles. The van der Waals surface area contributed by atoms with Crippen molar-refractivity contribution in [3.63, 3.8) is 0 Å². The molecule has 0 radical (unpaired) electrons. The van der Waals surface area contributed by atoms with Gasteiger partial charge in [-0.3, -0.25) is 9.69 Å². The van der Waals surface area contributed by atoms with E-state index in [9.17, 15) is 18.3 Å². The zero-order valence-electron chi connectivity index (χ0n) is 20.5. The number of hydrogen-bond donors (Lipinski definition) is 1. The second kappa shape index (κ2) is 11.7. The molecule has 0 saturated carbocycles. The molecular weight excluding hydrogens is 474 g/mol. The summed E-state index contributed by atoms with van der Waals surface area (Å²) in [5, 5.41) is 10.7. The van der Waals surface area contributed by atoms with Crippen LogP contribution in [0.2, 0.25) is 0 Å². The number of aliphatic hydroxyl groups excluding tert-OH is 1. The van der Waals surface area contributed by atoms with Crippen molar-refractivity contribution in [3.05, 3.63) is 47.5 Å². The van der Waals surface area contributed by atoms with Gasteiger partial charge in [0, 0.05) is 24.7 Å². The summed E-state index contributed by atoms with van der Waals surface area (Å²) >= 11 is 0. The lowest BCUT2D eigenvalue weighted by atomic mass is 10.1. The fraction of sp³-hybridized carbons (Fsp3) is 0.480. The second-order valence-electron chi connectivity index (χ2n) is 8.57. The van der Waals surface area contributed by atoms with Crippen LogP contribution >= 0.6 is 0 Å². The number of ether oxygens (including phenoxy) is 4. The summed E-state index contributed by atoms with van der Waals surface area (Å²) < 4.78 is 46.3. The maximum atomic E-state index is 12.2. The van der Waals surface area contributed by atoms with Gasteiger partial charge in [0.15, 0.2) is 27.1 Å². The number of sulfone groups is 1. The molecule has 35 heavy (non-hydrogen) atoms. The smallest absolute Gasteiger partial charge is 0.203 e. The molecule has 2 atom stereocenters. The second-order valence-corrected chi connectivity index (χ2v) is 10.8. The molecule has 9 nitrogen and oxygen atoms in total. The van der Waals surface area contributed by atoms with E-state index in [2.05, 4.69) is 0 Å². The topological polar surface area (TPSA) is 112 Å². The van der Waals surface area contributed by atoms with E-state index < -0.39 is 15.9 Å². The Morgan fingerprint density at radius 3 is 2.20 bits per heavy atom. The van der Waals surface area contributed by atoms with Gasteiger partial charge in [-0.2, -0.15) is 0 Å². The van der Waals surface area contributed by atoms with Crippen LogP contribution in [0.25, 0.3) is 0 Å². The first-order valence-corrected chi connectivity index (χ1v) is 13.1. The van der Waals surface area contributed by atoms with Crippen molar-refractivity contribution >= 4 is 15.6 Å². The SMILES string of the molecule is COc1cc(CN(CC(O)COc2ccc(C(C)=O)cc2)C2CCS(=O)(=O)C2)cc(OC)c1OC. The van der Waals surface area contributed by atoms with Gasteiger partial charge in [0.2, 0.25) is 5.75 Å². The summed E-state index contributed by atoms with van der Waals surface area (Å²) in [6.45, 7) is 2.10. The van der Waals surface area contributed by atoms with Crippen molar-refractivity contribution in [1.29, 1.82) is 0 Å². The fourth-order valence-electron chi connectivity index (χ4n) is 4.17. The number of methoxy groups -OCH3 is 3. The predicted octanol–water partition coefficient (Wildman–Crippen LogP) is 2.34. The zero-order valence-corrected chi connectivity index (χ0v) is 21.3. The lowest BCUT2D eigenvalue weighted by molar-refractivity contribution is 0.0524. The highest BCUT2D eigenvalue weighted by atomic mass is 32.2.